The van der Waals surface area contributed by atoms with E-state index in [1.54, 1.807) is 19.1 Å². The average Bonchev–Trinajstić information content (AvgIpc) is 2.68. The molecule has 156 valence electrons. The lowest BCUT2D eigenvalue weighted by molar-refractivity contribution is -0.158. The molecule has 1 amide bonds. The maximum Gasteiger partial charge on any atom is 0.309 e. The average molecular weight is 413 g/mol. The van der Waals surface area contributed by atoms with Crippen molar-refractivity contribution in [3.63, 3.8) is 0 Å². The third-order valence-corrected chi connectivity index (χ3v) is 6.70. The molecule has 1 atom stereocenters. The summed E-state index contributed by atoms with van der Waals surface area (Å²) in [5.74, 6) is -0.786. The fourth-order valence-electron chi connectivity index (χ4n) is 3.03. The van der Waals surface area contributed by atoms with Crippen LogP contribution in [0.5, 0.6) is 5.75 Å². The number of rotatable bonds is 7. The molecule has 0 spiro atoms. The summed E-state index contributed by atoms with van der Waals surface area (Å²) in [5, 5.41) is 2.72. The number of nitrogens with zero attached hydrogens (tertiary/aromatic N) is 1. The molecule has 9 heteroatoms. The van der Waals surface area contributed by atoms with Gasteiger partial charge in [-0.15, -0.1) is 0 Å². The molecule has 1 fully saturated rings. The fraction of sp³-hybridized carbons (Fsp3) is 0.579. The van der Waals surface area contributed by atoms with Crippen LogP contribution >= 0.6 is 0 Å². The summed E-state index contributed by atoms with van der Waals surface area (Å²) in [6, 6.07) is 5.39. The summed E-state index contributed by atoms with van der Waals surface area (Å²) in [6.07, 6.45) is -0.203. The summed E-state index contributed by atoms with van der Waals surface area (Å²) < 4.78 is 35.7. The van der Waals surface area contributed by atoms with Gasteiger partial charge in [0.25, 0.3) is 5.91 Å². The van der Waals surface area contributed by atoms with Crippen molar-refractivity contribution in [3.8, 4) is 5.75 Å². The van der Waals surface area contributed by atoms with E-state index < -0.39 is 33.9 Å². The molecule has 0 aromatic heterocycles. The molecule has 1 aromatic rings. The zero-order valence-electron chi connectivity index (χ0n) is 16.7. The smallest absolute Gasteiger partial charge is 0.309 e. The Kier molecular flexibility index (Phi) is 7.42. The highest BCUT2D eigenvalue weighted by atomic mass is 32.2. The monoisotopic (exact) mass is 412 g/mol. The Bertz CT molecular complexity index is 816. The molecule has 1 aromatic carbocycles. The Morgan fingerprint density at radius 2 is 1.93 bits per heavy atom. The number of carbonyl (C=O) groups is 2. The first-order valence-electron chi connectivity index (χ1n) is 9.31. The maximum absolute atomic E-state index is 12.4. The van der Waals surface area contributed by atoms with Gasteiger partial charge in [-0.3, -0.25) is 9.59 Å². The minimum Gasteiger partial charge on any atom is -0.495 e. The third kappa shape index (κ3) is 5.45. The van der Waals surface area contributed by atoms with Crippen LogP contribution in [-0.2, 0) is 24.3 Å². The number of piperidine rings is 1. The molecule has 0 aliphatic carbocycles. The second-order valence-electron chi connectivity index (χ2n) is 6.85. The molecule has 0 radical (unpaired) electrons. The third-order valence-electron chi connectivity index (χ3n) is 4.82. The van der Waals surface area contributed by atoms with Crippen LogP contribution in [0.2, 0.25) is 0 Å². The number of benzene rings is 1. The van der Waals surface area contributed by atoms with Crippen LogP contribution < -0.4 is 10.1 Å². The van der Waals surface area contributed by atoms with E-state index in [-0.39, 0.29) is 18.8 Å². The lowest BCUT2D eigenvalue weighted by Crippen LogP contribution is -2.42. The van der Waals surface area contributed by atoms with E-state index in [0.29, 0.717) is 24.3 Å². The predicted octanol–water partition coefficient (Wildman–Crippen LogP) is 1.94. The summed E-state index contributed by atoms with van der Waals surface area (Å²) in [6.45, 7) is 5.57. The summed E-state index contributed by atoms with van der Waals surface area (Å²) in [4.78, 5) is 24.8. The van der Waals surface area contributed by atoms with E-state index in [0.717, 1.165) is 5.56 Å². The molecule has 1 unspecified atom stereocenters. The predicted molar refractivity (Wildman–Crippen MR) is 106 cm³/mol. The quantitative estimate of drug-likeness (QED) is 0.687. The van der Waals surface area contributed by atoms with Gasteiger partial charge in [-0.2, -0.15) is 0 Å². The van der Waals surface area contributed by atoms with Crippen molar-refractivity contribution in [2.24, 2.45) is 5.92 Å². The molecule has 0 bridgehead atoms. The van der Waals surface area contributed by atoms with Crippen LogP contribution in [0.15, 0.2) is 18.2 Å². The summed E-state index contributed by atoms with van der Waals surface area (Å²) in [7, 11) is -1.74. The number of hydrogen-bond acceptors (Lipinski definition) is 6. The minimum atomic E-state index is -3.25. The molecule has 1 N–H and O–H groups in total. The first kappa shape index (κ1) is 22.2. The second kappa shape index (κ2) is 9.38. The van der Waals surface area contributed by atoms with Gasteiger partial charge in [-0.05, 0) is 51.3 Å². The standard InChI is InChI=1S/C19H28N2O6S/c1-5-28(24,25)21-10-8-15(9-11-21)19(23)27-14(3)18(22)20-16-12-13(2)6-7-17(16)26-4/h6-7,12,14-15H,5,8-11H2,1-4H3,(H,20,22). The van der Waals surface area contributed by atoms with Crippen molar-refractivity contribution < 1.29 is 27.5 Å². The van der Waals surface area contributed by atoms with Gasteiger partial charge >= 0.3 is 5.97 Å². The van der Waals surface area contributed by atoms with Crippen molar-refractivity contribution in [2.75, 3.05) is 31.3 Å². The van der Waals surface area contributed by atoms with E-state index >= 15 is 0 Å². The number of amides is 1. The SMILES string of the molecule is CCS(=O)(=O)N1CCC(C(=O)OC(C)C(=O)Nc2cc(C)ccc2OC)CC1. The number of methoxy groups -OCH3 is 1. The Morgan fingerprint density at radius 1 is 1.29 bits per heavy atom. The number of hydrogen-bond donors (Lipinski definition) is 1. The van der Waals surface area contributed by atoms with Crippen LogP contribution in [-0.4, -0.2) is 56.7 Å². The zero-order valence-corrected chi connectivity index (χ0v) is 17.5. The van der Waals surface area contributed by atoms with Crippen molar-refractivity contribution in [2.45, 2.75) is 39.7 Å². The van der Waals surface area contributed by atoms with E-state index in [2.05, 4.69) is 5.32 Å². The zero-order chi connectivity index (χ0) is 20.9. The highest BCUT2D eigenvalue weighted by Crippen LogP contribution is 2.26. The largest absolute Gasteiger partial charge is 0.495 e. The first-order valence-corrected chi connectivity index (χ1v) is 10.9. The van der Waals surface area contributed by atoms with Crippen molar-refractivity contribution in [1.82, 2.24) is 4.31 Å². The molecule has 0 saturated carbocycles. The van der Waals surface area contributed by atoms with Gasteiger partial charge in [0, 0.05) is 13.1 Å². The Labute approximate surface area is 166 Å². The number of nitrogens with one attached hydrogen (secondary N) is 1. The maximum atomic E-state index is 12.4. The van der Waals surface area contributed by atoms with Crippen molar-refractivity contribution in [3.05, 3.63) is 23.8 Å². The topological polar surface area (TPSA) is 102 Å². The van der Waals surface area contributed by atoms with E-state index in [4.69, 9.17) is 9.47 Å². The van der Waals surface area contributed by atoms with Crippen LogP contribution in [0.4, 0.5) is 5.69 Å². The lowest BCUT2D eigenvalue weighted by Gasteiger charge is -2.30. The lowest BCUT2D eigenvalue weighted by atomic mass is 9.98. The highest BCUT2D eigenvalue weighted by molar-refractivity contribution is 7.89. The molecular formula is C19H28N2O6S. The van der Waals surface area contributed by atoms with Crippen LogP contribution in [0, 0.1) is 12.8 Å². The Morgan fingerprint density at radius 3 is 2.50 bits per heavy atom. The van der Waals surface area contributed by atoms with Crippen molar-refractivity contribution >= 4 is 27.6 Å². The molecule has 1 aliphatic heterocycles. The number of sulfonamides is 1. The van der Waals surface area contributed by atoms with Gasteiger partial charge in [-0.25, -0.2) is 12.7 Å². The van der Waals surface area contributed by atoms with E-state index in [1.807, 2.05) is 13.0 Å². The van der Waals surface area contributed by atoms with E-state index in [9.17, 15) is 18.0 Å². The normalized spacial score (nSPS) is 17.0. The molecule has 1 heterocycles. The first-order chi connectivity index (χ1) is 13.2. The van der Waals surface area contributed by atoms with E-state index in [1.165, 1.54) is 18.3 Å². The van der Waals surface area contributed by atoms with Crippen molar-refractivity contribution in [1.29, 1.82) is 0 Å². The highest BCUT2D eigenvalue weighted by Gasteiger charge is 2.32. The number of aryl methyl sites for hydroxylation is 1. The van der Waals surface area contributed by atoms with Crippen LogP contribution in [0.1, 0.15) is 32.3 Å². The second-order valence-corrected chi connectivity index (χ2v) is 9.10. The number of anilines is 1. The van der Waals surface area contributed by atoms with Gasteiger partial charge in [0.2, 0.25) is 10.0 Å². The van der Waals surface area contributed by atoms with Gasteiger partial charge in [0.15, 0.2) is 6.10 Å². The molecule has 2 rings (SSSR count). The van der Waals surface area contributed by atoms with Gasteiger partial charge in [0.1, 0.15) is 5.75 Å². The molecule has 1 saturated heterocycles. The Hall–Kier alpha value is -2.13. The summed E-state index contributed by atoms with van der Waals surface area (Å²) in [5.41, 5.74) is 1.46. The molecule has 1 aliphatic rings. The Balaban J connectivity index is 1.91. The molecule has 8 nitrogen and oxygen atoms in total. The molecule has 28 heavy (non-hydrogen) atoms. The van der Waals surface area contributed by atoms with Gasteiger partial charge in [-0.1, -0.05) is 6.07 Å². The van der Waals surface area contributed by atoms with Gasteiger partial charge in [0.05, 0.1) is 24.5 Å². The number of esters is 1. The fourth-order valence-corrected chi connectivity index (χ4v) is 4.16. The van der Waals surface area contributed by atoms with Crippen LogP contribution in [0.3, 0.4) is 0 Å². The number of ether oxygens (including phenoxy) is 2. The number of carbonyl (C=O) groups excluding carboxylic acids is 2. The molecular weight excluding hydrogens is 384 g/mol. The van der Waals surface area contributed by atoms with Gasteiger partial charge < -0.3 is 14.8 Å². The summed E-state index contributed by atoms with van der Waals surface area (Å²) >= 11 is 0. The van der Waals surface area contributed by atoms with Crippen LogP contribution in [0.25, 0.3) is 0 Å². The minimum absolute atomic E-state index is 0.0434.